The van der Waals surface area contributed by atoms with Crippen LogP contribution in [-0.4, -0.2) is 6.61 Å². The first-order valence-corrected chi connectivity index (χ1v) is 7.04. The van der Waals surface area contributed by atoms with Crippen molar-refractivity contribution < 1.29 is 9.15 Å². The molecular formula is C15H14Cl2O2. The lowest BCUT2D eigenvalue weighted by Gasteiger charge is -2.14. The van der Waals surface area contributed by atoms with Crippen LogP contribution >= 0.6 is 23.2 Å². The fourth-order valence-electron chi connectivity index (χ4n) is 2.56. The van der Waals surface area contributed by atoms with Crippen molar-refractivity contribution in [1.82, 2.24) is 0 Å². The van der Waals surface area contributed by atoms with Gasteiger partial charge in [-0.2, -0.15) is 0 Å². The van der Waals surface area contributed by atoms with Gasteiger partial charge >= 0.3 is 0 Å². The van der Waals surface area contributed by atoms with E-state index in [-0.39, 0.29) is 5.38 Å². The van der Waals surface area contributed by atoms with Gasteiger partial charge in [0.15, 0.2) is 0 Å². The quantitative estimate of drug-likeness (QED) is 0.742. The van der Waals surface area contributed by atoms with Crippen molar-refractivity contribution in [1.29, 1.82) is 0 Å². The highest BCUT2D eigenvalue weighted by Crippen LogP contribution is 2.42. The standard InChI is InChI=1S/C15H14Cl2O2/c1-8-5-12(9(2)19-8)14(17)13-7-11(16)6-10-3-4-18-15(10)13/h5-7,14H,3-4H2,1-2H3. The number of fused-ring (bicyclic) bond motifs is 1. The van der Waals surface area contributed by atoms with Gasteiger partial charge in [-0.25, -0.2) is 0 Å². The van der Waals surface area contributed by atoms with E-state index in [2.05, 4.69) is 0 Å². The molecule has 3 rings (SSSR count). The van der Waals surface area contributed by atoms with Crippen molar-refractivity contribution in [2.75, 3.05) is 6.61 Å². The number of ether oxygens (including phenoxy) is 1. The van der Waals surface area contributed by atoms with E-state index < -0.39 is 0 Å². The van der Waals surface area contributed by atoms with Crippen molar-refractivity contribution in [3.63, 3.8) is 0 Å². The molecule has 0 spiro atoms. The number of aryl methyl sites for hydroxylation is 2. The molecule has 2 heterocycles. The number of alkyl halides is 1. The van der Waals surface area contributed by atoms with Gasteiger partial charge < -0.3 is 9.15 Å². The highest BCUT2D eigenvalue weighted by Gasteiger charge is 2.25. The molecule has 1 atom stereocenters. The zero-order chi connectivity index (χ0) is 13.6. The van der Waals surface area contributed by atoms with Gasteiger partial charge in [-0.3, -0.25) is 0 Å². The molecule has 100 valence electrons. The number of rotatable bonds is 2. The predicted molar refractivity (Wildman–Crippen MR) is 76.5 cm³/mol. The minimum atomic E-state index is -0.303. The first-order valence-electron chi connectivity index (χ1n) is 6.22. The Bertz CT molecular complexity index is 631. The summed E-state index contributed by atoms with van der Waals surface area (Å²) >= 11 is 12.8. The first-order chi connectivity index (χ1) is 9.06. The van der Waals surface area contributed by atoms with Crippen LogP contribution in [0.2, 0.25) is 5.02 Å². The van der Waals surface area contributed by atoms with Crippen LogP contribution in [0.15, 0.2) is 22.6 Å². The number of benzene rings is 1. The van der Waals surface area contributed by atoms with Gasteiger partial charge in [0.25, 0.3) is 0 Å². The minimum Gasteiger partial charge on any atom is -0.493 e. The fraction of sp³-hybridized carbons (Fsp3) is 0.333. The monoisotopic (exact) mass is 296 g/mol. The number of furan rings is 1. The van der Waals surface area contributed by atoms with Gasteiger partial charge in [0.05, 0.1) is 12.0 Å². The van der Waals surface area contributed by atoms with Crippen LogP contribution in [0.1, 0.15) is 33.6 Å². The van der Waals surface area contributed by atoms with E-state index in [0.717, 1.165) is 40.4 Å². The Kier molecular flexibility index (Phi) is 3.23. The predicted octanol–water partition coefficient (Wildman–Crippen LogP) is 4.81. The highest BCUT2D eigenvalue weighted by atomic mass is 35.5. The lowest BCUT2D eigenvalue weighted by atomic mass is 10.0. The molecule has 1 aliphatic rings. The van der Waals surface area contributed by atoms with Gasteiger partial charge in [-0.15, -0.1) is 11.6 Å². The maximum absolute atomic E-state index is 6.61. The molecule has 0 aliphatic carbocycles. The Morgan fingerprint density at radius 3 is 2.63 bits per heavy atom. The molecule has 0 fully saturated rings. The normalized spacial score (nSPS) is 15.2. The number of hydrogen-bond acceptors (Lipinski definition) is 2. The maximum atomic E-state index is 6.61. The zero-order valence-electron chi connectivity index (χ0n) is 10.8. The Hall–Kier alpha value is -1.12. The first kappa shape index (κ1) is 12.9. The summed E-state index contributed by atoms with van der Waals surface area (Å²) in [7, 11) is 0. The van der Waals surface area contributed by atoms with Crippen LogP contribution in [0.25, 0.3) is 0 Å². The van der Waals surface area contributed by atoms with Crippen LogP contribution in [0.5, 0.6) is 5.75 Å². The topological polar surface area (TPSA) is 22.4 Å². The van der Waals surface area contributed by atoms with Gasteiger partial charge in [0, 0.05) is 22.6 Å². The molecular weight excluding hydrogens is 283 g/mol. The van der Waals surface area contributed by atoms with Crippen molar-refractivity contribution in [3.8, 4) is 5.75 Å². The minimum absolute atomic E-state index is 0.303. The second-order valence-corrected chi connectivity index (χ2v) is 5.69. The Balaban J connectivity index is 2.09. The Labute approximate surface area is 122 Å². The van der Waals surface area contributed by atoms with E-state index in [9.17, 15) is 0 Å². The van der Waals surface area contributed by atoms with Crippen molar-refractivity contribution in [2.24, 2.45) is 0 Å². The molecule has 2 nitrogen and oxygen atoms in total. The van der Waals surface area contributed by atoms with Gasteiger partial charge in [0.1, 0.15) is 17.3 Å². The van der Waals surface area contributed by atoms with E-state index >= 15 is 0 Å². The summed E-state index contributed by atoms with van der Waals surface area (Å²) in [4.78, 5) is 0. The highest BCUT2D eigenvalue weighted by molar-refractivity contribution is 6.31. The second kappa shape index (κ2) is 4.77. The molecule has 1 aliphatic heterocycles. The average molecular weight is 297 g/mol. The van der Waals surface area contributed by atoms with Gasteiger partial charge in [-0.05, 0) is 37.6 Å². The van der Waals surface area contributed by atoms with Gasteiger partial charge in [0.2, 0.25) is 0 Å². The molecule has 0 radical (unpaired) electrons. The lowest BCUT2D eigenvalue weighted by Crippen LogP contribution is -1.98. The van der Waals surface area contributed by atoms with E-state index in [0.29, 0.717) is 11.6 Å². The molecule has 4 heteroatoms. The van der Waals surface area contributed by atoms with E-state index in [1.165, 1.54) is 0 Å². The number of hydrogen-bond donors (Lipinski definition) is 0. The Morgan fingerprint density at radius 2 is 1.95 bits per heavy atom. The smallest absolute Gasteiger partial charge is 0.127 e. The van der Waals surface area contributed by atoms with Crippen molar-refractivity contribution in [3.05, 3.63) is 51.4 Å². The Morgan fingerprint density at radius 1 is 1.16 bits per heavy atom. The van der Waals surface area contributed by atoms with Gasteiger partial charge in [-0.1, -0.05) is 11.6 Å². The van der Waals surface area contributed by atoms with Crippen LogP contribution in [0, 0.1) is 13.8 Å². The fourth-order valence-corrected chi connectivity index (χ4v) is 3.18. The zero-order valence-corrected chi connectivity index (χ0v) is 12.3. The molecule has 0 bridgehead atoms. The molecule has 0 saturated heterocycles. The molecule has 1 aromatic carbocycles. The van der Waals surface area contributed by atoms with Crippen molar-refractivity contribution in [2.45, 2.75) is 25.6 Å². The molecule has 2 aromatic rings. The largest absolute Gasteiger partial charge is 0.493 e. The molecule has 0 N–H and O–H groups in total. The average Bonchev–Trinajstić information content (AvgIpc) is 2.93. The summed E-state index contributed by atoms with van der Waals surface area (Å²) in [5.41, 5.74) is 3.02. The van der Waals surface area contributed by atoms with Crippen LogP contribution < -0.4 is 4.74 Å². The third kappa shape index (κ3) is 2.24. The third-order valence-corrected chi connectivity index (χ3v) is 4.09. The second-order valence-electron chi connectivity index (χ2n) is 4.81. The molecule has 1 unspecified atom stereocenters. The molecule has 0 saturated carbocycles. The molecule has 0 amide bonds. The van der Waals surface area contributed by atoms with E-state index in [1.54, 1.807) is 0 Å². The maximum Gasteiger partial charge on any atom is 0.127 e. The third-order valence-electron chi connectivity index (χ3n) is 3.40. The van der Waals surface area contributed by atoms with E-state index in [4.69, 9.17) is 32.4 Å². The summed E-state index contributed by atoms with van der Waals surface area (Å²) in [6.07, 6.45) is 0.885. The van der Waals surface area contributed by atoms with Crippen molar-refractivity contribution >= 4 is 23.2 Å². The van der Waals surface area contributed by atoms with Crippen LogP contribution in [0.4, 0.5) is 0 Å². The summed E-state index contributed by atoms with van der Waals surface area (Å²) in [6.45, 7) is 4.53. The van der Waals surface area contributed by atoms with Crippen LogP contribution in [0.3, 0.4) is 0 Å². The molecule has 19 heavy (non-hydrogen) atoms. The summed E-state index contributed by atoms with van der Waals surface area (Å²) in [6, 6.07) is 5.80. The summed E-state index contributed by atoms with van der Waals surface area (Å²) < 4.78 is 11.2. The van der Waals surface area contributed by atoms with E-state index in [1.807, 2.05) is 32.0 Å². The van der Waals surface area contributed by atoms with Crippen LogP contribution in [-0.2, 0) is 6.42 Å². The summed E-state index contributed by atoms with van der Waals surface area (Å²) in [5, 5.41) is 0.394. The summed E-state index contributed by atoms with van der Waals surface area (Å²) in [5.74, 6) is 2.57. The number of halogens is 2. The SMILES string of the molecule is Cc1cc(C(Cl)c2cc(Cl)cc3c2OCC3)c(C)o1. The lowest BCUT2D eigenvalue weighted by molar-refractivity contribution is 0.353. The molecule has 1 aromatic heterocycles.